The fraction of sp³-hybridized carbons (Fsp3) is 0.368. The Balaban J connectivity index is 1.95. The van der Waals surface area contributed by atoms with Crippen LogP contribution in [0.1, 0.15) is 12.6 Å². The topological polar surface area (TPSA) is 101 Å². The molecule has 10 heteroatoms. The maximum atomic E-state index is 14.4. The Hall–Kier alpha value is -3.27. The molecule has 0 radical (unpaired) electrons. The highest BCUT2D eigenvalue weighted by Gasteiger charge is 2.26. The number of allylic oxidation sites excluding steroid dienone is 1. The minimum absolute atomic E-state index is 0.169. The van der Waals surface area contributed by atoms with Crippen molar-refractivity contribution in [1.82, 2.24) is 34.8 Å². The van der Waals surface area contributed by atoms with Crippen LogP contribution >= 0.6 is 0 Å². The number of likely N-dealkylation sites (N-methyl/N-ethyl adjacent to an activating group) is 1. The number of piperazine rings is 1. The molecule has 1 saturated heterocycles. The average molecular weight is 397 g/mol. The molecular weight excluding hydrogens is 373 g/mol. The highest BCUT2D eigenvalue weighted by molar-refractivity contribution is 5.86. The highest BCUT2D eigenvalue weighted by Crippen LogP contribution is 2.29. The maximum absolute atomic E-state index is 14.4. The summed E-state index contributed by atoms with van der Waals surface area (Å²) >= 11 is 0. The van der Waals surface area contributed by atoms with Gasteiger partial charge in [-0.1, -0.05) is 0 Å². The largest absolute Gasteiger partial charge is 0.384 e. The van der Waals surface area contributed by atoms with Crippen molar-refractivity contribution in [3.05, 3.63) is 36.2 Å². The molecule has 0 aliphatic carbocycles. The number of fused-ring (bicyclic) bond motifs is 1. The second kappa shape index (κ2) is 7.63. The second-order valence-electron chi connectivity index (χ2n) is 7.18. The molecule has 1 aliphatic rings. The fourth-order valence-corrected chi connectivity index (χ4v) is 3.80. The van der Waals surface area contributed by atoms with Gasteiger partial charge in [0.05, 0.1) is 23.3 Å². The first kappa shape index (κ1) is 19.1. The lowest BCUT2D eigenvalue weighted by Crippen LogP contribution is -2.51. The van der Waals surface area contributed by atoms with Gasteiger partial charge in [0.15, 0.2) is 11.5 Å². The van der Waals surface area contributed by atoms with Crippen LogP contribution in [-0.4, -0.2) is 75.5 Å². The van der Waals surface area contributed by atoms with Crippen LogP contribution in [0, 0.1) is 5.41 Å². The molecule has 0 saturated carbocycles. The SMILES string of the molecule is CN/C(=C(/F)C=N)c1cc(N2CCN(C)C[C@H]2C)n2cnc(-c3ccn[nH]3)c2n1. The Morgan fingerprint density at radius 2 is 2.24 bits per heavy atom. The Labute approximate surface area is 167 Å². The van der Waals surface area contributed by atoms with Crippen LogP contribution in [0.3, 0.4) is 0 Å². The van der Waals surface area contributed by atoms with Crippen molar-refractivity contribution in [1.29, 1.82) is 5.41 Å². The van der Waals surface area contributed by atoms with Gasteiger partial charge in [0, 0.05) is 45.0 Å². The van der Waals surface area contributed by atoms with Gasteiger partial charge in [0.25, 0.3) is 0 Å². The highest BCUT2D eigenvalue weighted by atomic mass is 19.1. The van der Waals surface area contributed by atoms with Crippen molar-refractivity contribution in [3.63, 3.8) is 0 Å². The van der Waals surface area contributed by atoms with E-state index in [9.17, 15) is 4.39 Å². The van der Waals surface area contributed by atoms with Gasteiger partial charge < -0.3 is 20.5 Å². The minimum atomic E-state index is -0.677. The molecule has 152 valence electrons. The predicted molar refractivity (Wildman–Crippen MR) is 111 cm³/mol. The van der Waals surface area contributed by atoms with E-state index in [0.29, 0.717) is 23.2 Å². The zero-order valence-corrected chi connectivity index (χ0v) is 16.6. The normalized spacial score (nSPS) is 18.8. The molecule has 3 N–H and O–H groups in total. The van der Waals surface area contributed by atoms with Crippen LogP contribution in [0.15, 0.2) is 30.5 Å². The smallest absolute Gasteiger partial charge is 0.168 e. The summed E-state index contributed by atoms with van der Waals surface area (Å²) in [5, 5.41) is 17.1. The molecule has 0 aromatic carbocycles. The van der Waals surface area contributed by atoms with E-state index in [1.807, 2.05) is 16.5 Å². The van der Waals surface area contributed by atoms with Crippen molar-refractivity contribution >= 4 is 23.4 Å². The van der Waals surface area contributed by atoms with Crippen LogP contribution in [-0.2, 0) is 0 Å². The lowest BCUT2D eigenvalue weighted by molar-refractivity contribution is 0.274. The second-order valence-corrected chi connectivity index (χ2v) is 7.18. The third-order valence-electron chi connectivity index (χ3n) is 5.23. The zero-order valence-electron chi connectivity index (χ0n) is 16.6. The molecule has 3 aromatic rings. The number of imidazole rings is 1. The van der Waals surface area contributed by atoms with E-state index in [0.717, 1.165) is 31.1 Å². The first-order valence-electron chi connectivity index (χ1n) is 9.45. The number of anilines is 1. The molecule has 0 bridgehead atoms. The van der Waals surface area contributed by atoms with Crippen molar-refractivity contribution < 1.29 is 4.39 Å². The quantitative estimate of drug-likeness (QED) is 0.567. The number of rotatable bonds is 5. The monoisotopic (exact) mass is 397 g/mol. The van der Waals surface area contributed by atoms with E-state index in [2.05, 4.69) is 49.3 Å². The molecule has 4 rings (SSSR count). The molecule has 1 aliphatic heterocycles. The molecule has 0 unspecified atom stereocenters. The van der Waals surface area contributed by atoms with Crippen LogP contribution in [0.25, 0.3) is 22.7 Å². The zero-order chi connectivity index (χ0) is 20.5. The van der Waals surface area contributed by atoms with Gasteiger partial charge in [-0.15, -0.1) is 0 Å². The van der Waals surface area contributed by atoms with Crippen molar-refractivity contribution in [2.75, 3.05) is 38.6 Å². The van der Waals surface area contributed by atoms with E-state index >= 15 is 0 Å². The van der Waals surface area contributed by atoms with E-state index in [1.54, 1.807) is 19.6 Å². The van der Waals surface area contributed by atoms with Gasteiger partial charge in [-0.05, 0) is 20.0 Å². The molecule has 1 fully saturated rings. The van der Waals surface area contributed by atoms with Crippen LogP contribution in [0.4, 0.5) is 10.2 Å². The summed E-state index contributed by atoms with van der Waals surface area (Å²) in [6, 6.07) is 3.93. The average Bonchev–Trinajstić information content (AvgIpc) is 3.37. The van der Waals surface area contributed by atoms with Gasteiger partial charge >= 0.3 is 0 Å². The summed E-state index contributed by atoms with van der Waals surface area (Å²) < 4.78 is 16.3. The molecule has 1 atom stereocenters. The van der Waals surface area contributed by atoms with Gasteiger partial charge in [-0.2, -0.15) is 5.10 Å². The van der Waals surface area contributed by atoms with Crippen molar-refractivity contribution in [2.45, 2.75) is 13.0 Å². The molecule has 9 nitrogen and oxygen atoms in total. The van der Waals surface area contributed by atoms with Crippen LogP contribution < -0.4 is 10.2 Å². The fourth-order valence-electron chi connectivity index (χ4n) is 3.80. The molecule has 0 spiro atoms. The molecular formula is C19H24FN9. The van der Waals surface area contributed by atoms with Gasteiger partial charge in [0.2, 0.25) is 0 Å². The summed E-state index contributed by atoms with van der Waals surface area (Å²) in [4.78, 5) is 13.8. The molecule has 4 heterocycles. The third-order valence-corrected chi connectivity index (χ3v) is 5.23. The Kier molecular flexibility index (Phi) is 5.01. The number of aromatic nitrogens is 5. The van der Waals surface area contributed by atoms with E-state index < -0.39 is 5.83 Å². The number of halogens is 1. The molecule has 3 aromatic heterocycles. The lowest BCUT2D eigenvalue weighted by atomic mass is 10.1. The lowest BCUT2D eigenvalue weighted by Gasteiger charge is -2.39. The van der Waals surface area contributed by atoms with Gasteiger partial charge in [0.1, 0.15) is 17.8 Å². The van der Waals surface area contributed by atoms with E-state index in [-0.39, 0.29) is 11.7 Å². The maximum Gasteiger partial charge on any atom is 0.168 e. The van der Waals surface area contributed by atoms with Crippen molar-refractivity contribution in [3.8, 4) is 11.4 Å². The third kappa shape index (κ3) is 3.35. The number of aromatic amines is 1. The Morgan fingerprint density at radius 3 is 2.90 bits per heavy atom. The number of hydrogen-bond donors (Lipinski definition) is 3. The summed E-state index contributed by atoms with van der Waals surface area (Å²) in [7, 11) is 3.73. The Morgan fingerprint density at radius 1 is 1.41 bits per heavy atom. The van der Waals surface area contributed by atoms with Crippen LogP contribution in [0.2, 0.25) is 0 Å². The molecule has 29 heavy (non-hydrogen) atoms. The van der Waals surface area contributed by atoms with E-state index in [4.69, 9.17) is 5.41 Å². The number of H-pyrrole nitrogens is 1. The first-order valence-corrected chi connectivity index (χ1v) is 9.45. The number of nitrogens with zero attached hydrogens (tertiary/aromatic N) is 6. The summed E-state index contributed by atoms with van der Waals surface area (Å²) in [5.41, 5.74) is 2.55. The van der Waals surface area contributed by atoms with Crippen LogP contribution in [0.5, 0.6) is 0 Å². The predicted octanol–water partition coefficient (Wildman–Crippen LogP) is 1.77. The Bertz CT molecular complexity index is 1050. The summed E-state index contributed by atoms with van der Waals surface area (Å²) in [6.45, 7) is 4.85. The summed E-state index contributed by atoms with van der Waals surface area (Å²) in [5.74, 6) is 0.207. The van der Waals surface area contributed by atoms with Crippen molar-refractivity contribution in [2.24, 2.45) is 0 Å². The first-order chi connectivity index (χ1) is 14.0. The standard InChI is InChI=1S/C19H24FN9/c1-12-10-27(3)6-7-28(12)16-8-15(17(22-2)13(20)9-21)25-19-18(23-11-29(16)19)14-4-5-24-26-14/h4-5,8-9,11-12,21-22H,6-7,10H2,1-3H3,(H,24,26)/b17-13+,21-9?/t12-/m1/s1. The minimum Gasteiger partial charge on any atom is -0.384 e. The van der Waals surface area contributed by atoms with Gasteiger partial charge in [-0.3, -0.25) is 9.50 Å². The number of hydrogen-bond acceptors (Lipinski definition) is 7. The summed E-state index contributed by atoms with van der Waals surface area (Å²) in [6.07, 6.45) is 4.07. The van der Waals surface area contributed by atoms with Gasteiger partial charge in [-0.25, -0.2) is 14.4 Å². The van der Waals surface area contributed by atoms with E-state index in [1.165, 1.54) is 0 Å². The molecule has 0 amide bonds. The number of nitrogens with one attached hydrogen (secondary N) is 3.